The van der Waals surface area contributed by atoms with Crippen LogP contribution >= 0.6 is 0 Å². The zero-order chi connectivity index (χ0) is 13.1. The number of nitrogen functional groups attached to an aromatic ring is 1. The summed E-state index contributed by atoms with van der Waals surface area (Å²) in [4.78, 5) is 6.52. The number of para-hydroxylation sites is 1. The summed E-state index contributed by atoms with van der Waals surface area (Å²) < 4.78 is 10.9. The topological polar surface area (TPSA) is 64.5 Å². The van der Waals surface area contributed by atoms with Crippen LogP contribution in [-0.4, -0.2) is 31.3 Å². The molecule has 1 heterocycles. The number of ether oxygens (including phenoxy) is 1. The predicted molar refractivity (Wildman–Crippen MR) is 72.8 cm³/mol. The lowest BCUT2D eigenvalue weighted by atomic mass is 10.3. The molecule has 18 heavy (non-hydrogen) atoms. The predicted octanol–water partition coefficient (Wildman–Crippen LogP) is 2.27. The Hall–Kier alpha value is -1.75. The van der Waals surface area contributed by atoms with E-state index in [1.807, 2.05) is 18.2 Å². The normalized spacial score (nSPS) is 11.3. The molecule has 5 heteroatoms. The first-order chi connectivity index (χ1) is 8.63. The van der Waals surface area contributed by atoms with Gasteiger partial charge >= 0.3 is 0 Å². The average molecular weight is 249 g/mol. The molecule has 2 N–H and O–H groups in total. The SMILES string of the molecule is COCCN(c1nc2c(N)cccc2o1)C(C)C. The third-order valence-electron chi connectivity index (χ3n) is 2.84. The van der Waals surface area contributed by atoms with Gasteiger partial charge in [0.25, 0.3) is 6.01 Å². The molecule has 2 aromatic rings. The van der Waals surface area contributed by atoms with E-state index in [0.717, 1.165) is 12.1 Å². The smallest absolute Gasteiger partial charge is 0.298 e. The van der Waals surface area contributed by atoms with Crippen LogP contribution in [-0.2, 0) is 4.74 Å². The second kappa shape index (κ2) is 5.27. The molecule has 0 aliphatic heterocycles. The van der Waals surface area contributed by atoms with Gasteiger partial charge in [-0.3, -0.25) is 0 Å². The molecule has 0 bridgehead atoms. The van der Waals surface area contributed by atoms with Crippen molar-refractivity contribution < 1.29 is 9.15 Å². The van der Waals surface area contributed by atoms with Crippen LogP contribution in [0.1, 0.15) is 13.8 Å². The third-order valence-corrected chi connectivity index (χ3v) is 2.84. The van der Waals surface area contributed by atoms with Gasteiger partial charge in [-0.15, -0.1) is 0 Å². The van der Waals surface area contributed by atoms with Gasteiger partial charge in [0, 0.05) is 19.7 Å². The molecule has 2 rings (SSSR count). The first kappa shape index (κ1) is 12.7. The molecule has 0 aliphatic rings. The number of nitrogens with zero attached hydrogens (tertiary/aromatic N) is 2. The number of anilines is 2. The average Bonchev–Trinajstić information content (AvgIpc) is 2.74. The van der Waals surface area contributed by atoms with Gasteiger partial charge in [-0.1, -0.05) is 6.07 Å². The van der Waals surface area contributed by atoms with E-state index in [9.17, 15) is 0 Å². The van der Waals surface area contributed by atoms with Crippen LogP contribution in [0.25, 0.3) is 11.1 Å². The fourth-order valence-electron chi connectivity index (χ4n) is 1.85. The van der Waals surface area contributed by atoms with E-state index in [-0.39, 0.29) is 6.04 Å². The van der Waals surface area contributed by atoms with Crippen molar-refractivity contribution in [3.05, 3.63) is 18.2 Å². The van der Waals surface area contributed by atoms with Crippen LogP contribution in [0.2, 0.25) is 0 Å². The van der Waals surface area contributed by atoms with E-state index in [4.69, 9.17) is 14.9 Å². The Morgan fingerprint density at radius 2 is 2.22 bits per heavy atom. The fraction of sp³-hybridized carbons (Fsp3) is 0.462. The Bertz CT molecular complexity index is 522. The molecule has 0 fully saturated rings. The van der Waals surface area contributed by atoms with Gasteiger partial charge in [-0.25, -0.2) is 0 Å². The maximum Gasteiger partial charge on any atom is 0.298 e. The van der Waals surface area contributed by atoms with Crippen LogP contribution < -0.4 is 10.6 Å². The van der Waals surface area contributed by atoms with Crippen molar-refractivity contribution in [3.63, 3.8) is 0 Å². The lowest BCUT2D eigenvalue weighted by molar-refractivity contribution is 0.202. The highest BCUT2D eigenvalue weighted by Crippen LogP contribution is 2.26. The van der Waals surface area contributed by atoms with E-state index in [0.29, 0.717) is 23.9 Å². The summed E-state index contributed by atoms with van der Waals surface area (Å²) >= 11 is 0. The molecule has 98 valence electrons. The number of nitrogens with two attached hydrogens (primary N) is 1. The molecular formula is C13H19N3O2. The summed E-state index contributed by atoms with van der Waals surface area (Å²) in [6, 6.07) is 6.44. The second-order valence-electron chi connectivity index (χ2n) is 4.47. The number of hydrogen-bond acceptors (Lipinski definition) is 5. The first-order valence-electron chi connectivity index (χ1n) is 6.04. The van der Waals surface area contributed by atoms with Gasteiger partial charge in [0.1, 0.15) is 5.52 Å². The fourth-order valence-corrected chi connectivity index (χ4v) is 1.85. The zero-order valence-corrected chi connectivity index (χ0v) is 11.0. The van der Waals surface area contributed by atoms with Gasteiger partial charge < -0.3 is 19.8 Å². The van der Waals surface area contributed by atoms with Crippen molar-refractivity contribution in [1.82, 2.24) is 4.98 Å². The Kier molecular flexibility index (Phi) is 3.72. The Balaban J connectivity index is 2.35. The number of rotatable bonds is 5. The van der Waals surface area contributed by atoms with Crippen molar-refractivity contribution in [1.29, 1.82) is 0 Å². The zero-order valence-electron chi connectivity index (χ0n) is 11.0. The molecule has 0 atom stereocenters. The molecule has 5 nitrogen and oxygen atoms in total. The second-order valence-corrected chi connectivity index (χ2v) is 4.47. The molecule has 1 aromatic carbocycles. The molecule has 0 unspecified atom stereocenters. The Morgan fingerprint density at radius 3 is 2.83 bits per heavy atom. The molecule has 0 aliphatic carbocycles. The molecule has 1 aromatic heterocycles. The van der Waals surface area contributed by atoms with Crippen molar-refractivity contribution in [3.8, 4) is 0 Å². The summed E-state index contributed by atoms with van der Waals surface area (Å²) in [7, 11) is 1.68. The molecule has 0 spiro atoms. The number of hydrogen-bond donors (Lipinski definition) is 1. The molecule has 0 saturated carbocycles. The minimum atomic E-state index is 0.287. The highest BCUT2D eigenvalue weighted by atomic mass is 16.5. The van der Waals surface area contributed by atoms with Gasteiger partial charge in [0.15, 0.2) is 5.58 Å². The minimum absolute atomic E-state index is 0.287. The maximum atomic E-state index is 5.88. The van der Waals surface area contributed by atoms with E-state index in [1.165, 1.54) is 0 Å². The van der Waals surface area contributed by atoms with Crippen LogP contribution in [0.15, 0.2) is 22.6 Å². The van der Waals surface area contributed by atoms with Crippen LogP contribution in [0.4, 0.5) is 11.7 Å². The van der Waals surface area contributed by atoms with Gasteiger partial charge in [-0.05, 0) is 26.0 Å². The Morgan fingerprint density at radius 1 is 1.44 bits per heavy atom. The molecule has 0 radical (unpaired) electrons. The summed E-state index contributed by atoms with van der Waals surface area (Å²) in [5, 5.41) is 0. The standard InChI is InChI=1S/C13H19N3O2/c1-9(2)16(7-8-17-3)13-15-12-10(14)5-4-6-11(12)18-13/h4-6,9H,7-8,14H2,1-3H3. The van der Waals surface area contributed by atoms with E-state index >= 15 is 0 Å². The van der Waals surface area contributed by atoms with Gasteiger partial charge in [-0.2, -0.15) is 4.98 Å². The van der Waals surface area contributed by atoms with Crippen LogP contribution in [0.3, 0.4) is 0 Å². The maximum absolute atomic E-state index is 5.88. The number of methoxy groups -OCH3 is 1. The van der Waals surface area contributed by atoms with Gasteiger partial charge in [0.2, 0.25) is 0 Å². The molecular weight excluding hydrogens is 230 g/mol. The summed E-state index contributed by atoms with van der Waals surface area (Å²) in [5.74, 6) is 0. The lowest BCUT2D eigenvalue weighted by Gasteiger charge is -2.24. The molecule has 0 saturated heterocycles. The molecule has 0 amide bonds. The Labute approximate surface area is 107 Å². The summed E-state index contributed by atoms with van der Waals surface area (Å²) in [6.07, 6.45) is 0. The highest BCUT2D eigenvalue weighted by Gasteiger charge is 2.17. The minimum Gasteiger partial charge on any atom is -0.423 e. The number of aromatic nitrogens is 1. The highest BCUT2D eigenvalue weighted by molar-refractivity contribution is 5.86. The third kappa shape index (κ3) is 2.41. The van der Waals surface area contributed by atoms with Crippen LogP contribution in [0.5, 0.6) is 0 Å². The largest absolute Gasteiger partial charge is 0.423 e. The van der Waals surface area contributed by atoms with E-state index in [2.05, 4.69) is 23.7 Å². The van der Waals surface area contributed by atoms with Crippen molar-refractivity contribution in [2.45, 2.75) is 19.9 Å². The van der Waals surface area contributed by atoms with E-state index in [1.54, 1.807) is 7.11 Å². The number of benzene rings is 1. The van der Waals surface area contributed by atoms with Crippen molar-refractivity contribution in [2.24, 2.45) is 0 Å². The lowest BCUT2D eigenvalue weighted by Crippen LogP contribution is -2.34. The number of fused-ring (bicyclic) bond motifs is 1. The van der Waals surface area contributed by atoms with Crippen molar-refractivity contribution in [2.75, 3.05) is 30.9 Å². The van der Waals surface area contributed by atoms with Crippen LogP contribution in [0, 0.1) is 0 Å². The van der Waals surface area contributed by atoms with E-state index < -0.39 is 0 Å². The summed E-state index contributed by atoms with van der Waals surface area (Å²) in [5.41, 5.74) is 7.95. The monoisotopic (exact) mass is 249 g/mol. The number of oxazole rings is 1. The van der Waals surface area contributed by atoms with Gasteiger partial charge in [0.05, 0.1) is 12.3 Å². The quantitative estimate of drug-likeness (QED) is 0.823. The first-order valence-corrected chi connectivity index (χ1v) is 6.04. The van der Waals surface area contributed by atoms with Crippen molar-refractivity contribution >= 4 is 22.8 Å². The summed E-state index contributed by atoms with van der Waals surface area (Å²) in [6.45, 7) is 5.55.